The molecule has 5 heteroatoms. The largest absolute Gasteiger partial charge is 0.380 e. The van der Waals surface area contributed by atoms with Crippen LogP contribution in [-0.2, 0) is 0 Å². The number of nitrogens with zero attached hydrogens (tertiary/aromatic N) is 1. The van der Waals surface area contributed by atoms with Crippen molar-refractivity contribution in [1.82, 2.24) is 4.90 Å². The first-order chi connectivity index (χ1) is 8.97. The predicted molar refractivity (Wildman–Crippen MR) is 87.5 cm³/mol. The normalized spacial score (nSPS) is 19.4. The minimum Gasteiger partial charge on any atom is -0.380 e. The number of likely N-dealkylation sites (tertiary alicyclic amines) is 1. The number of nitrogens with one attached hydrogen (secondary N) is 1. The minimum atomic E-state index is 0.380. The monoisotopic (exact) mass is 364 g/mol. The van der Waals surface area contributed by atoms with Gasteiger partial charge < -0.3 is 10.2 Å². The lowest BCUT2D eigenvalue weighted by atomic mass is 9.90. The number of halogens is 3. The Bertz CT molecular complexity index is 422. The summed E-state index contributed by atoms with van der Waals surface area (Å²) in [6.07, 6.45) is 2.44. The third kappa shape index (κ3) is 4.01. The van der Waals surface area contributed by atoms with Crippen molar-refractivity contribution in [3.05, 3.63) is 26.7 Å². The Morgan fingerprint density at radius 3 is 2.32 bits per heavy atom. The van der Waals surface area contributed by atoms with Gasteiger partial charge in [-0.05, 0) is 58.0 Å². The van der Waals surface area contributed by atoms with E-state index in [-0.39, 0.29) is 0 Å². The molecule has 0 aliphatic carbocycles. The summed E-state index contributed by atoms with van der Waals surface area (Å²) in [6, 6.07) is 4.12. The summed E-state index contributed by atoms with van der Waals surface area (Å²) in [5.74, 6) is 0.673. The number of anilines is 1. The van der Waals surface area contributed by atoms with Crippen LogP contribution in [0.5, 0.6) is 0 Å². The van der Waals surface area contributed by atoms with Gasteiger partial charge in [-0.2, -0.15) is 0 Å². The summed E-state index contributed by atoms with van der Waals surface area (Å²) in [6.45, 7) is 4.54. The number of hydrogen-bond acceptors (Lipinski definition) is 2. The van der Waals surface area contributed by atoms with E-state index in [0.717, 1.165) is 10.2 Å². The van der Waals surface area contributed by atoms with E-state index in [4.69, 9.17) is 23.2 Å². The van der Waals surface area contributed by atoms with Gasteiger partial charge in [-0.1, -0.05) is 39.1 Å². The molecule has 1 N–H and O–H groups in total. The van der Waals surface area contributed by atoms with Gasteiger partial charge in [-0.3, -0.25) is 0 Å². The van der Waals surface area contributed by atoms with Gasteiger partial charge in [0.1, 0.15) is 0 Å². The molecule has 1 aromatic carbocycles. The van der Waals surface area contributed by atoms with Crippen LogP contribution in [0.1, 0.15) is 19.8 Å². The maximum atomic E-state index is 6.26. The Kier molecular flexibility index (Phi) is 5.41. The molecule has 0 bridgehead atoms. The first kappa shape index (κ1) is 15.4. The van der Waals surface area contributed by atoms with Crippen LogP contribution in [0, 0.1) is 5.92 Å². The maximum Gasteiger partial charge on any atom is 0.0721 e. The second-order valence-corrected chi connectivity index (χ2v) is 7.05. The average Bonchev–Trinajstić information content (AvgIpc) is 2.34. The fourth-order valence-electron chi connectivity index (χ4n) is 2.55. The third-order valence-electron chi connectivity index (χ3n) is 3.85. The summed E-state index contributed by atoms with van der Waals surface area (Å²) in [5, 5.41) is 4.82. The van der Waals surface area contributed by atoms with Crippen molar-refractivity contribution < 1.29 is 0 Å². The first-order valence-electron chi connectivity index (χ1n) is 6.57. The van der Waals surface area contributed by atoms with Crippen molar-refractivity contribution in [2.24, 2.45) is 5.92 Å². The SMILES string of the molecule is CC(Nc1c(Cl)cc(Br)cc1Cl)C1CCN(C)CC1. The molecule has 2 rings (SSSR count). The number of rotatable bonds is 3. The molecule has 1 heterocycles. The molecule has 0 saturated carbocycles. The second-order valence-electron chi connectivity index (χ2n) is 5.32. The molecule has 1 fully saturated rings. The Morgan fingerprint density at radius 2 is 1.79 bits per heavy atom. The zero-order chi connectivity index (χ0) is 14.0. The lowest BCUT2D eigenvalue weighted by molar-refractivity contribution is 0.208. The lowest BCUT2D eigenvalue weighted by Crippen LogP contribution is -2.37. The standard InChI is InChI=1S/C14H19BrCl2N2/c1-9(10-3-5-19(2)6-4-10)18-14-12(16)7-11(15)8-13(14)17/h7-10,18H,3-6H2,1-2H3. The zero-order valence-corrected chi connectivity index (χ0v) is 14.3. The summed E-state index contributed by atoms with van der Waals surface area (Å²) in [7, 11) is 2.18. The third-order valence-corrected chi connectivity index (χ3v) is 4.90. The first-order valence-corrected chi connectivity index (χ1v) is 8.12. The van der Waals surface area contributed by atoms with Gasteiger partial charge >= 0.3 is 0 Å². The van der Waals surface area contributed by atoms with E-state index in [1.807, 2.05) is 12.1 Å². The van der Waals surface area contributed by atoms with Crippen molar-refractivity contribution in [3.63, 3.8) is 0 Å². The van der Waals surface area contributed by atoms with E-state index >= 15 is 0 Å². The molecular weight excluding hydrogens is 347 g/mol. The van der Waals surface area contributed by atoms with Crippen LogP contribution in [0.2, 0.25) is 10.0 Å². The highest BCUT2D eigenvalue weighted by Gasteiger charge is 2.23. The van der Waals surface area contributed by atoms with E-state index in [0.29, 0.717) is 22.0 Å². The topological polar surface area (TPSA) is 15.3 Å². The summed E-state index contributed by atoms with van der Waals surface area (Å²) in [5.41, 5.74) is 0.845. The van der Waals surface area contributed by atoms with Crippen molar-refractivity contribution in [1.29, 1.82) is 0 Å². The van der Waals surface area contributed by atoms with E-state index in [1.54, 1.807) is 0 Å². The van der Waals surface area contributed by atoms with E-state index < -0.39 is 0 Å². The highest BCUT2D eigenvalue weighted by atomic mass is 79.9. The Labute approximate surface area is 133 Å². The van der Waals surface area contributed by atoms with E-state index in [1.165, 1.54) is 25.9 Å². The van der Waals surface area contributed by atoms with Crippen LogP contribution in [0.3, 0.4) is 0 Å². The van der Waals surface area contributed by atoms with Crippen LogP contribution in [-0.4, -0.2) is 31.1 Å². The average molecular weight is 366 g/mol. The fourth-order valence-corrected chi connectivity index (χ4v) is 3.87. The van der Waals surface area contributed by atoms with Crippen LogP contribution < -0.4 is 5.32 Å². The number of piperidine rings is 1. The molecule has 0 radical (unpaired) electrons. The van der Waals surface area contributed by atoms with Gasteiger partial charge in [0.05, 0.1) is 15.7 Å². The van der Waals surface area contributed by atoms with E-state index in [2.05, 4.69) is 40.1 Å². The van der Waals surface area contributed by atoms with Gasteiger partial charge in [0.25, 0.3) is 0 Å². The molecule has 0 spiro atoms. The summed E-state index contributed by atoms with van der Waals surface area (Å²) in [4.78, 5) is 2.38. The molecule has 19 heavy (non-hydrogen) atoms. The molecule has 1 aliphatic rings. The zero-order valence-electron chi connectivity index (χ0n) is 11.2. The summed E-state index contributed by atoms with van der Waals surface area (Å²) >= 11 is 15.9. The highest BCUT2D eigenvalue weighted by molar-refractivity contribution is 9.10. The quantitative estimate of drug-likeness (QED) is 0.819. The highest BCUT2D eigenvalue weighted by Crippen LogP contribution is 2.35. The van der Waals surface area contributed by atoms with Gasteiger partial charge in [0, 0.05) is 10.5 Å². The Balaban J connectivity index is 2.04. The number of benzene rings is 1. The molecule has 1 aromatic rings. The predicted octanol–water partition coefficient (Wildman–Crippen LogP) is 4.90. The molecule has 0 aromatic heterocycles. The van der Waals surface area contributed by atoms with Gasteiger partial charge in [0.15, 0.2) is 0 Å². The number of hydrogen-bond donors (Lipinski definition) is 1. The van der Waals surface area contributed by atoms with Crippen LogP contribution in [0.25, 0.3) is 0 Å². The molecule has 0 amide bonds. The van der Waals surface area contributed by atoms with Crippen LogP contribution >= 0.6 is 39.1 Å². The molecule has 1 unspecified atom stereocenters. The molecular formula is C14H19BrCl2N2. The Morgan fingerprint density at radius 1 is 1.26 bits per heavy atom. The van der Waals surface area contributed by atoms with Crippen molar-refractivity contribution in [2.45, 2.75) is 25.8 Å². The molecule has 1 saturated heterocycles. The van der Waals surface area contributed by atoms with Gasteiger partial charge in [-0.15, -0.1) is 0 Å². The second kappa shape index (κ2) is 6.66. The molecule has 1 aliphatic heterocycles. The fraction of sp³-hybridized carbons (Fsp3) is 0.571. The molecule has 1 atom stereocenters. The lowest BCUT2D eigenvalue weighted by Gasteiger charge is -2.33. The van der Waals surface area contributed by atoms with Crippen molar-refractivity contribution >= 4 is 44.8 Å². The maximum absolute atomic E-state index is 6.26. The molecule has 2 nitrogen and oxygen atoms in total. The summed E-state index contributed by atoms with van der Waals surface area (Å²) < 4.78 is 0.903. The van der Waals surface area contributed by atoms with Gasteiger partial charge in [0.2, 0.25) is 0 Å². The van der Waals surface area contributed by atoms with Crippen LogP contribution in [0.15, 0.2) is 16.6 Å². The smallest absolute Gasteiger partial charge is 0.0721 e. The van der Waals surface area contributed by atoms with E-state index in [9.17, 15) is 0 Å². The van der Waals surface area contributed by atoms with Crippen molar-refractivity contribution in [2.75, 3.05) is 25.5 Å². The molecule has 106 valence electrons. The Hall–Kier alpha value is 0.0400. The minimum absolute atomic E-state index is 0.380. The van der Waals surface area contributed by atoms with Gasteiger partial charge in [-0.25, -0.2) is 0 Å². The van der Waals surface area contributed by atoms with Crippen LogP contribution in [0.4, 0.5) is 5.69 Å². The van der Waals surface area contributed by atoms with Crippen molar-refractivity contribution in [3.8, 4) is 0 Å².